The van der Waals surface area contributed by atoms with Gasteiger partial charge in [-0.05, 0) is 46.2 Å². The highest BCUT2D eigenvalue weighted by Gasteiger charge is 2.54. The van der Waals surface area contributed by atoms with Gasteiger partial charge < -0.3 is 81.4 Å². The fourth-order valence-electron chi connectivity index (χ4n) is 12.4. The molecule has 0 bridgehead atoms. The number of nitrogens with one attached hydrogen (secondary N) is 3. The molecule has 0 spiro atoms. The van der Waals surface area contributed by atoms with Crippen molar-refractivity contribution in [1.82, 2.24) is 16.0 Å². The molecule has 17 atom stereocenters. The summed E-state index contributed by atoms with van der Waals surface area (Å²) in [4.78, 5) is 40.1. The topological polar surface area (TPSA) is 251 Å². The van der Waals surface area contributed by atoms with Gasteiger partial charge in [0.15, 0.2) is 6.29 Å². The van der Waals surface area contributed by atoms with Crippen molar-refractivity contribution in [3.05, 3.63) is 215 Å². The van der Waals surface area contributed by atoms with Crippen LogP contribution in [0.2, 0.25) is 0 Å². The number of rotatable bonds is 37. The third-order valence-corrected chi connectivity index (χ3v) is 21.0. The van der Waals surface area contributed by atoms with Crippen LogP contribution in [-0.4, -0.2) is 156 Å². The minimum atomic E-state index is -4.42. The summed E-state index contributed by atoms with van der Waals surface area (Å²) in [5.74, 6) is -1.23. The standard InChI is InChI=1S/C74H95N3O19P2/c1-8-40-85-74-67(77-53(5)80)73(91-46-59-38-26-15-27-39-59)70(88-43-56-32-20-12-21-33-56)62(96-74)48-93-98(82,84-7)50-64-66(76-52(4)79)72(90-45-58-36-24-14-25-37-58)69(87-42-55-30-18-11-19-31-55)61(95-64)47-92-97(81,83-6)49-63-65(75-51(3)78)71(89-44-57-34-22-13-23-35-57)68(60(9-2)94-63)86-41-54-28-16-10-17-29-54/h10-39,60-74H,8-9,40-50H2,1-7H3,(H,75,78)(H,76,79)(H,77,80)/t60?,61?,62?,63-,64-,65?,66?,67?,68-,69+,70+,71+,72+,73+,74+,97?,98?/m1/s1. The quantitative estimate of drug-likeness (QED) is 0.0307. The van der Waals surface area contributed by atoms with E-state index in [9.17, 15) is 14.4 Å². The number of ether oxygens (including phenoxy) is 10. The second kappa shape index (κ2) is 38.4. The van der Waals surface area contributed by atoms with E-state index in [2.05, 4.69) is 16.0 Å². The third-order valence-electron chi connectivity index (χ3n) is 17.2. The number of benzene rings is 6. The van der Waals surface area contributed by atoms with E-state index in [1.54, 1.807) is 0 Å². The summed E-state index contributed by atoms with van der Waals surface area (Å²) in [6.45, 7) is 8.00. The van der Waals surface area contributed by atoms with Crippen LogP contribution in [-0.2, 0) is 129 Å². The van der Waals surface area contributed by atoms with E-state index in [-0.39, 0.29) is 58.3 Å². The average Bonchev–Trinajstić information content (AvgIpc) is 0.787. The molecule has 3 N–H and O–H groups in total. The molecule has 0 aliphatic carbocycles. The van der Waals surface area contributed by atoms with Gasteiger partial charge in [0.2, 0.25) is 17.7 Å². The van der Waals surface area contributed by atoms with Gasteiger partial charge in [-0.2, -0.15) is 0 Å². The van der Waals surface area contributed by atoms with E-state index >= 15 is 9.13 Å². The van der Waals surface area contributed by atoms with Crippen LogP contribution >= 0.6 is 15.2 Å². The molecule has 9 rings (SSSR count). The summed E-state index contributed by atoms with van der Waals surface area (Å²) in [6.07, 6.45) is -11.8. The average molecular weight is 1390 g/mol. The third kappa shape index (κ3) is 22.3. The van der Waals surface area contributed by atoms with Gasteiger partial charge in [0.05, 0.1) is 95.6 Å². The van der Waals surface area contributed by atoms with Crippen molar-refractivity contribution in [2.45, 2.75) is 179 Å². The zero-order chi connectivity index (χ0) is 69.3. The lowest BCUT2D eigenvalue weighted by Crippen LogP contribution is -2.66. The van der Waals surface area contributed by atoms with Crippen LogP contribution in [0.1, 0.15) is 80.8 Å². The van der Waals surface area contributed by atoms with Crippen LogP contribution in [0.25, 0.3) is 0 Å². The Morgan fingerprint density at radius 2 is 0.643 bits per heavy atom. The van der Waals surface area contributed by atoms with Gasteiger partial charge in [0.1, 0.15) is 54.9 Å². The van der Waals surface area contributed by atoms with Crippen LogP contribution < -0.4 is 16.0 Å². The van der Waals surface area contributed by atoms with Crippen molar-refractivity contribution in [2.75, 3.05) is 46.4 Å². The van der Waals surface area contributed by atoms with E-state index in [4.69, 9.17) is 65.5 Å². The minimum Gasteiger partial charge on any atom is -0.369 e. The van der Waals surface area contributed by atoms with Gasteiger partial charge >= 0.3 is 15.2 Å². The summed E-state index contributed by atoms with van der Waals surface area (Å²) in [5, 5.41) is 9.11. The van der Waals surface area contributed by atoms with Crippen LogP contribution in [0.5, 0.6) is 0 Å². The molecule has 3 aliphatic rings. The molecule has 3 amide bonds. The van der Waals surface area contributed by atoms with E-state index < -0.39 is 138 Å². The molecule has 3 heterocycles. The number of amides is 3. The number of hydrogen-bond acceptors (Lipinski definition) is 19. The Hall–Kier alpha value is -6.37. The second-order valence-corrected chi connectivity index (χ2v) is 29.0. The molecule has 0 saturated carbocycles. The van der Waals surface area contributed by atoms with Crippen molar-refractivity contribution in [1.29, 1.82) is 0 Å². The molecule has 0 radical (unpaired) electrons. The second-order valence-electron chi connectivity index (χ2n) is 24.5. The molecule has 3 fully saturated rings. The largest absolute Gasteiger partial charge is 0.369 e. The van der Waals surface area contributed by atoms with Crippen LogP contribution in [0.3, 0.4) is 0 Å². The first kappa shape index (κ1) is 75.8. The van der Waals surface area contributed by atoms with Crippen molar-refractivity contribution in [2.24, 2.45) is 0 Å². The highest BCUT2D eigenvalue weighted by molar-refractivity contribution is 7.54. The number of hydrogen-bond donors (Lipinski definition) is 3. The van der Waals surface area contributed by atoms with E-state index in [0.717, 1.165) is 33.4 Å². The SMILES string of the molecule is CCCO[C@H]1OC(COP(=O)(C[C@H]2OC(COP(=O)(C[C@H]3OC(CC)[C@@H](OCc4ccccc4)[C@@H](OCc4ccccc4)C3NC(C)=O)OC)[C@H](OCc3ccccc3)[C@@H](OCc3ccccc3)C2NC(C)=O)OC)[C@H](OCc2ccccc2)[C@@H](OCc2ccccc2)C1NC(C)=O. The lowest BCUT2D eigenvalue weighted by molar-refractivity contribution is -0.287. The minimum absolute atomic E-state index is 0.0193. The molecule has 3 saturated heterocycles. The summed E-state index contributed by atoms with van der Waals surface area (Å²) in [7, 11) is -6.23. The van der Waals surface area contributed by atoms with Crippen molar-refractivity contribution in [3.8, 4) is 0 Å². The Morgan fingerprint density at radius 1 is 0.367 bits per heavy atom. The molecular formula is C74H95N3O19P2. The molecule has 3 aliphatic heterocycles. The van der Waals surface area contributed by atoms with E-state index in [0.29, 0.717) is 12.8 Å². The summed E-state index contributed by atoms with van der Waals surface area (Å²) in [5.41, 5.74) is 5.07. The maximum absolute atomic E-state index is 15.8. The number of carbonyl (C=O) groups excluding carboxylic acids is 3. The summed E-state index contributed by atoms with van der Waals surface area (Å²) in [6, 6.07) is 54.3. The predicted octanol–water partition coefficient (Wildman–Crippen LogP) is 10.8. The Morgan fingerprint density at radius 3 is 0.939 bits per heavy atom. The molecular weight excluding hydrogens is 1300 g/mol. The molecule has 98 heavy (non-hydrogen) atoms. The Kier molecular flexibility index (Phi) is 29.7. The molecule has 24 heteroatoms. The van der Waals surface area contributed by atoms with Gasteiger partial charge in [-0.3, -0.25) is 23.5 Å². The van der Waals surface area contributed by atoms with E-state index in [1.165, 1.54) is 35.0 Å². The first-order valence-electron chi connectivity index (χ1n) is 33.5. The van der Waals surface area contributed by atoms with Crippen LogP contribution in [0.15, 0.2) is 182 Å². The smallest absolute Gasteiger partial charge is 0.333 e. The molecule has 530 valence electrons. The van der Waals surface area contributed by atoms with Gasteiger partial charge in [0.25, 0.3) is 0 Å². The highest BCUT2D eigenvalue weighted by atomic mass is 31.2. The molecule has 0 aromatic heterocycles. The first-order valence-corrected chi connectivity index (χ1v) is 36.9. The lowest BCUT2D eigenvalue weighted by Gasteiger charge is -2.48. The predicted molar refractivity (Wildman–Crippen MR) is 366 cm³/mol. The Bertz CT molecular complexity index is 3430. The van der Waals surface area contributed by atoms with Crippen molar-refractivity contribution < 1.29 is 89.0 Å². The van der Waals surface area contributed by atoms with Gasteiger partial charge in [0, 0.05) is 41.6 Å². The Labute approximate surface area is 575 Å². The molecule has 8 unspecified atom stereocenters. The monoisotopic (exact) mass is 1390 g/mol. The maximum atomic E-state index is 15.8. The Balaban J connectivity index is 1.04. The van der Waals surface area contributed by atoms with E-state index in [1.807, 2.05) is 196 Å². The first-order chi connectivity index (χ1) is 47.6. The van der Waals surface area contributed by atoms with Gasteiger partial charge in [-0.1, -0.05) is 196 Å². The maximum Gasteiger partial charge on any atom is 0.333 e. The molecule has 6 aromatic rings. The number of carbonyl (C=O) groups is 3. The zero-order valence-electron chi connectivity index (χ0n) is 56.8. The summed E-state index contributed by atoms with van der Waals surface area (Å²) >= 11 is 0. The van der Waals surface area contributed by atoms with Crippen LogP contribution in [0, 0.1) is 0 Å². The highest BCUT2D eigenvalue weighted by Crippen LogP contribution is 2.53. The molecule has 22 nitrogen and oxygen atoms in total. The van der Waals surface area contributed by atoms with Gasteiger partial charge in [-0.15, -0.1) is 0 Å². The van der Waals surface area contributed by atoms with Crippen molar-refractivity contribution in [3.63, 3.8) is 0 Å². The lowest BCUT2D eigenvalue weighted by atomic mass is 9.91. The fraction of sp³-hybridized carbons (Fsp3) is 0.473. The molecule has 6 aromatic carbocycles. The van der Waals surface area contributed by atoms with Gasteiger partial charge in [-0.25, -0.2) is 0 Å². The van der Waals surface area contributed by atoms with Crippen LogP contribution in [0.4, 0.5) is 0 Å². The zero-order valence-corrected chi connectivity index (χ0v) is 58.6. The normalized spacial score (nSPS) is 26.8. The summed E-state index contributed by atoms with van der Waals surface area (Å²) < 4.78 is 124. The van der Waals surface area contributed by atoms with Crippen molar-refractivity contribution >= 4 is 32.9 Å². The fourth-order valence-corrected chi connectivity index (χ4v) is 15.4.